The molecule has 0 bridgehead atoms. The largest absolute Gasteiger partial charge is 0.295 e. The molecule has 0 spiro atoms. The van der Waals surface area contributed by atoms with Crippen LogP contribution in [0, 0.1) is 20.2 Å². The van der Waals surface area contributed by atoms with Crippen LogP contribution >= 0.6 is 0 Å². The Balaban J connectivity index is 2.78. The maximum absolute atomic E-state index is 11.2. The van der Waals surface area contributed by atoms with E-state index in [1.165, 1.54) is 0 Å². The van der Waals surface area contributed by atoms with Crippen LogP contribution < -0.4 is 0 Å². The Hall–Kier alpha value is -2.26. The number of ketones is 2. The highest BCUT2D eigenvalue weighted by Crippen LogP contribution is 2.00. The number of hydrazine groups is 2. The van der Waals surface area contributed by atoms with Crippen molar-refractivity contribution in [3.05, 3.63) is 20.2 Å². The number of carbonyl (C=O) groups is 2. The molecule has 1 rings (SSSR count). The number of hydrogen-bond acceptors (Lipinski definition) is 6. The van der Waals surface area contributed by atoms with Gasteiger partial charge in [0.15, 0.2) is 21.6 Å². The molecule has 1 fully saturated rings. The van der Waals surface area contributed by atoms with Crippen LogP contribution in [0.25, 0.3) is 0 Å². The molecule has 10 nitrogen and oxygen atoms in total. The van der Waals surface area contributed by atoms with Gasteiger partial charge in [0.1, 0.15) is 26.2 Å². The fraction of sp³-hybridized carbons (Fsp3) is 0.667. The Morgan fingerprint density at radius 3 is 1.25 bits per heavy atom. The zero-order valence-corrected chi connectivity index (χ0v) is 8.07. The van der Waals surface area contributed by atoms with E-state index in [9.17, 15) is 29.8 Å². The first-order valence-electron chi connectivity index (χ1n) is 4.22. The molecule has 1 heterocycles. The smallest absolute Gasteiger partial charge is 0.183 e. The molecule has 88 valence electrons. The van der Waals surface area contributed by atoms with Crippen LogP contribution in [0.3, 0.4) is 0 Å². The highest BCUT2D eigenvalue weighted by Gasteiger charge is 2.31. The van der Waals surface area contributed by atoms with Gasteiger partial charge in [-0.15, -0.1) is 10.0 Å². The van der Waals surface area contributed by atoms with Gasteiger partial charge in [-0.25, -0.2) is 20.2 Å². The maximum Gasteiger partial charge on any atom is 0.183 e. The average Bonchev–Trinajstić information content (AvgIpc) is 2.12. The third-order valence-corrected chi connectivity index (χ3v) is 1.90. The monoisotopic (exact) mass is 232 g/mol. The van der Waals surface area contributed by atoms with Crippen molar-refractivity contribution in [1.29, 1.82) is 0 Å². The van der Waals surface area contributed by atoms with E-state index in [2.05, 4.69) is 0 Å². The average molecular weight is 232 g/mol. The Bertz CT molecular complexity index is 305. The van der Waals surface area contributed by atoms with E-state index in [1.54, 1.807) is 0 Å². The van der Waals surface area contributed by atoms with Crippen LogP contribution in [0.1, 0.15) is 0 Å². The number of nitro groups is 2. The van der Waals surface area contributed by atoms with Crippen molar-refractivity contribution in [2.75, 3.05) is 26.2 Å². The van der Waals surface area contributed by atoms with E-state index in [1.807, 2.05) is 0 Å². The van der Waals surface area contributed by atoms with E-state index < -0.39 is 47.8 Å². The summed E-state index contributed by atoms with van der Waals surface area (Å²) in [4.78, 5) is 43.1. The van der Waals surface area contributed by atoms with Crippen LogP contribution in [-0.2, 0) is 9.59 Å². The second-order valence-corrected chi connectivity index (χ2v) is 3.20. The number of Topliss-reactive ketones (excluding diaryl/α,β-unsaturated/α-hetero) is 2. The number of rotatable bonds is 2. The topological polar surface area (TPSA) is 127 Å². The number of carbonyl (C=O) groups excluding carboxylic acids is 2. The van der Waals surface area contributed by atoms with E-state index in [0.29, 0.717) is 10.0 Å². The van der Waals surface area contributed by atoms with Crippen LogP contribution in [0.4, 0.5) is 0 Å². The maximum atomic E-state index is 11.2. The van der Waals surface area contributed by atoms with Crippen LogP contribution in [-0.4, -0.2) is 57.8 Å². The normalized spacial score (nSPS) is 18.0. The van der Waals surface area contributed by atoms with Gasteiger partial charge < -0.3 is 0 Å². The molecular weight excluding hydrogens is 224 g/mol. The van der Waals surface area contributed by atoms with E-state index in [0.717, 1.165) is 0 Å². The predicted octanol–water partition coefficient (Wildman–Crippen LogP) is -1.87. The van der Waals surface area contributed by atoms with Gasteiger partial charge in [0, 0.05) is 0 Å². The lowest BCUT2D eigenvalue weighted by molar-refractivity contribution is -0.657. The summed E-state index contributed by atoms with van der Waals surface area (Å²) < 4.78 is 0. The Morgan fingerprint density at radius 1 is 0.812 bits per heavy atom. The summed E-state index contributed by atoms with van der Waals surface area (Å²) in [5.41, 5.74) is 0. The van der Waals surface area contributed by atoms with E-state index in [4.69, 9.17) is 0 Å². The molecule has 0 aromatic heterocycles. The second-order valence-electron chi connectivity index (χ2n) is 3.20. The Labute approximate surface area is 88.6 Å². The molecule has 0 atom stereocenters. The van der Waals surface area contributed by atoms with Gasteiger partial charge in [-0.2, -0.15) is 0 Å². The molecule has 0 saturated carbocycles. The van der Waals surface area contributed by atoms with Crippen molar-refractivity contribution in [2.24, 2.45) is 0 Å². The molecule has 0 aliphatic carbocycles. The SMILES string of the molecule is O=C1CN([N+](=O)[O-])CC(=O)CN([N+](=O)[O-])C1. The minimum Gasteiger partial charge on any atom is -0.295 e. The van der Waals surface area contributed by atoms with Gasteiger partial charge in [0.25, 0.3) is 0 Å². The van der Waals surface area contributed by atoms with Gasteiger partial charge in [-0.3, -0.25) is 9.59 Å². The molecule has 0 radical (unpaired) electrons. The molecule has 0 unspecified atom stereocenters. The molecule has 1 aliphatic heterocycles. The molecule has 1 saturated heterocycles. The van der Waals surface area contributed by atoms with Gasteiger partial charge >= 0.3 is 0 Å². The zero-order chi connectivity index (χ0) is 12.3. The van der Waals surface area contributed by atoms with E-state index in [-0.39, 0.29) is 0 Å². The summed E-state index contributed by atoms with van der Waals surface area (Å²) in [5.74, 6) is -1.36. The fourth-order valence-corrected chi connectivity index (χ4v) is 1.26. The van der Waals surface area contributed by atoms with Crippen LogP contribution in [0.15, 0.2) is 0 Å². The molecule has 0 N–H and O–H groups in total. The first kappa shape index (κ1) is 11.8. The predicted molar refractivity (Wildman–Crippen MR) is 47.1 cm³/mol. The lowest BCUT2D eigenvalue weighted by Crippen LogP contribution is -2.50. The Kier molecular flexibility index (Phi) is 3.33. The van der Waals surface area contributed by atoms with Gasteiger partial charge in [0.2, 0.25) is 0 Å². The number of nitrogens with zero attached hydrogens (tertiary/aromatic N) is 4. The highest BCUT2D eigenvalue weighted by atomic mass is 16.7. The third kappa shape index (κ3) is 2.87. The molecule has 0 aromatic rings. The summed E-state index contributed by atoms with van der Waals surface area (Å²) >= 11 is 0. The van der Waals surface area contributed by atoms with Crippen molar-refractivity contribution in [3.8, 4) is 0 Å². The first-order chi connectivity index (χ1) is 7.40. The lowest BCUT2D eigenvalue weighted by Gasteiger charge is -2.19. The zero-order valence-electron chi connectivity index (χ0n) is 8.07. The quantitative estimate of drug-likeness (QED) is 0.400. The fourth-order valence-electron chi connectivity index (χ4n) is 1.26. The summed E-state index contributed by atoms with van der Waals surface area (Å²) in [6.45, 7) is -2.43. The Morgan fingerprint density at radius 2 is 1.06 bits per heavy atom. The minimum absolute atomic E-state index is 0.446. The van der Waals surface area contributed by atoms with Crippen LogP contribution in [0.5, 0.6) is 0 Å². The molecular formula is C6H8N4O6. The van der Waals surface area contributed by atoms with Crippen molar-refractivity contribution in [3.63, 3.8) is 0 Å². The second kappa shape index (κ2) is 4.51. The van der Waals surface area contributed by atoms with Crippen LogP contribution in [0.2, 0.25) is 0 Å². The van der Waals surface area contributed by atoms with Gasteiger partial charge in [0.05, 0.1) is 0 Å². The summed E-state index contributed by atoms with van der Waals surface area (Å²) in [5, 5.41) is 20.0. The molecule has 0 aromatic carbocycles. The van der Waals surface area contributed by atoms with Gasteiger partial charge in [-0.05, 0) is 0 Å². The van der Waals surface area contributed by atoms with Crippen molar-refractivity contribution in [2.45, 2.75) is 0 Å². The molecule has 1 aliphatic rings. The van der Waals surface area contributed by atoms with Crippen molar-refractivity contribution in [1.82, 2.24) is 10.0 Å². The molecule has 0 amide bonds. The summed E-state index contributed by atoms with van der Waals surface area (Å²) in [6, 6.07) is 0. The standard InChI is InChI=1S/C6H8N4O6/c11-5-1-7(9(13)14)3-6(12)4-8(2-5)10(15)16/h1-4H2. The summed E-state index contributed by atoms with van der Waals surface area (Å²) in [7, 11) is 0. The van der Waals surface area contributed by atoms with Crippen molar-refractivity contribution >= 4 is 11.6 Å². The number of hydrogen-bond donors (Lipinski definition) is 0. The molecule has 10 heteroatoms. The van der Waals surface area contributed by atoms with E-state index >= 15 is 0 Å². The molecule has 16 heavy (non-hydrogen) atoms. The minimum atomic E-state index is -0.863. The lowest BCUT2D eigenvalue weighted by atomic mass is 10.2. The van der Waals surface area contributed by atoms with Crippen molar-refractivity contribution < 1.29 is 19.7 Å². The highest BCUT2D eigenvalue weighted by molar-refractivity contribution is 5.87. The van der Waals surface area contributed by atoms with Gasteiger partial charge in [-0.1, -0.05) is 0 Å². The first-order valence-corrected chi connectivity index (χ1v) is 4.22. The summed E-state index contributed by atoms with van der Waals surface area (Å²) in [6.07, 6.45) is 0. The third-order valence-electron chi connectivity index (χ3n) is 1.90.